The fourth-order valence-corrected chi connectivity index (χ4v) is 12.9. The molecule has 0 aliphatic carbocycles. The van der Waals surface area contributed by atoms with Gasteiger partial charge >= 0.3 is 0 Å². The zero-order chi connectivity index (χ0) is 39.4. The molecular weight excluding hydrogens is 880 g/mol. The first-order valence-electron chi connectivity index (χ1n) is 20.0. The van der Waals surface area contributed by atoms with Gasteiger partial charge in [-0.3, -0.25) is 0 Å². The summed E-state index contributed by atoms with van der Waals surface area (Å²) in [4.78, 5) is 5.00. The standard InChI is InChI=1S/C50H37N4Si.Pt/c1-36-16-9-10-23-43(36)37-30-31-51-50(32-37)54-46-25-12-11-24-44(46)45-29-28-42(34-49(45)54)55(39-18-5-3-6-19-39,40-20-7-4-8-21-40)41-22-15-17-38(33-41)53-35-52(2)47-26-13-14-27-48(47)53;/h3-32,35H,1-2H3;/q-1;/i2D3;. The van der Waals surface area contributed by atoms with Crippen LogP contribution in [0.5, 0.6) is 0 Å². The van der Waals surface area contributed by atoms with E-state index in [0.717, 1.165) is 54.8 Å². The molecule has 0 saturated heterocycles. The number of para-hydroxylation sites is 3. The van der Waals surface area contributed by atoms with E-state index in [4.69, 9.17) is 9.10 Å². The van der Waals surface area contributed by atoms with E-state index in [1.165, 1.54) is 26.1 Å². The predicted octanol–water partition coefficient (Wildman–Crippen LogP) is 8.69. The normalized spacial score (nSPS) is 12.6. The summed E-state index contributed by atoms with van der Waals surface area (Å²) in [7, 11) is -3.20. The Hall–Kier alpha value is -6.13. The molecule has 56 heavy (non-hydrogen) atoms. The summed E-state index contributed by atoms with van der Waals surface area (Å²) >= 11 is 0. The molecule has 3 heterocycles. The van der Waals surface area contributed by atoms with Gasteiger partial charge in [-0.25, -0.2) is 14.1 Å². The molecule has 4 nitrogen and oxygen atoms in total. The van der Waals surface area contributed by atoms with Crippen LogP contribution in [0.1, 0.15) is 9.68 Å². The fourth-order valence-electron chi connectivity index (χ4n) is 8.38. The van der Waals surface area contributed by atoms with Crippen molar-refractivity contribution < 1.29 is 25.2 Å². The molecule has 6 heteroatoms. The molecule has 7 aromatic carbocycles. The molecule has 0 aliphatic rings. The third-order valence-corrected chi connectivity index (χ3v) is 15.5. The van der Waals surface area contributed by atoms with E-state index in [1.807, 2.05) is 41.1 Å². The summed E-state index contributed by atoms with van der Waals surface area (Å²) in [5.41, 5.74) is 7.66. The molecule has 0 atom stereocenters. The van der Waals surface area contributed by atoms with Crippen LogP contribution in [-0.4, -0.2) is 26.8 Å². The molecule has 0 saturated carbocycles. The molecule has 0 N–H and O–H groups in total. The Bertz CT molecular complexity index is 3100. The monoisotopic (exact) mass is 919 g/mol. The Balaban J connectivity index is 0.00000449. The predicted molar refractivity (Wildman–Crippen MR) is 230 cm³/mol. The van der Waals surface area contributed by atoms with E-state index in [2.05, 4.69) is 169 Å². The number of imidazole rings is 1. The summed E-state index contributed by atoms with van der Waals surface area (Å²) < 4.78 is 30.5. The number of hydrogen-bond donors (Lipinski definition) is 0. The van der Waals surface area contributed by atoms with E-state index in [1.54, 1.807) is 6.33 Å². The molecule has 0 bridgehead atoms. The average molecular weight is 920 g/mol. The van der Waals surface area contributed by atoms with Crippen LogP contribution in [0.2, 0.25) is 0 Å². The third-order valence-electron chi connectivity index (χ3n) is 10.9. The van der Waals surface area contributed by atoms with Crippen molar-refractivity contribution in [2.75, 3.05) is 0 Å². The number of aromatic nitrogens is 4. The van der Waals surface area contributed by atoms with Crippen molar-refractivity contribution >= 4 is 61.7 Å². The van der Waals surface area contributed by atoms with Crippen molar-refractivity contribution in [3.8, 4) is 22.6 Å². The SMILES string of the molecule is [2H]C([2H])([2H])n1[cH+]n(-c2[c-]c([Si](c3[c-]c4c(cc3)c3ccccc3n4-c3cc(-c4ccccc4C)ccn3)(c3ccccc3)c3ccccc3)ccc2)c2ccccc21.[Pt]. The number of pyridine rings is 1. The number of hydrogen-bond acceptors (Lipinski definition) is 1. The van der Waals surface area contributed by atoms with Gasteiger partial charge in [0.2, 0.25) is 0 Å². The zero-order valence-corrected chi connectivity index (χ0v) is 33.8. The second-order valence-corrected chi connectivity index (χ2v) is 17.7. The second kappa shape index (κ2) is 14.5. The topological polar surface area (TPSA) is 27.7 Å². The summed E-state index contributed by atoms with van der Waals surface area (Å²) in [6.07, 6.45) is 3.58. The quantitative estimate of drug-likeness (QED) is 0.0895. The molecule has 10 aromatic rings. The van der Waals surface area contributed by atoms with E-state index in [0.29, 0.717) is 5.52 Å². The minimum Gasteiger partial charge on any atom is -0.319 e. The Morgan fingerprint density at radius 1 is 0.607 bits per heavy atom. The van der Waals surface area contributed by atoms with Gasteiger partial charge in [-0.15, -0.1) is 22.7 Å². The van der Waals surface area contributed by atoms with Crippen LogP contribution in [0.4, 0.5) is 0 Å². The first kappa shape index (κ1) is 32.1. The largest absolute Gasteiger partial charge is 0.319 e. The van der Waals surface area contributed by atoms with E-state index in [-0.39, 0.29) is 21.1 Å². The molecule has 10 rings (SSSR count). The molecule has 0 spiro atoms. The molecule has 0 fully saturated rings. The summed E-state index contributed by atoms with van der Waals surface area (Å²) in [5, 5.41) is 6.69. The third kappa shape index (κ3) is 5.70. The Kier molecular flexibility index (Phi) is 8.32. The van der Waals surface area contributed by atoms with Gasteiger partial charge in [0, 0.05) is 61.7 Å². The average Bonchev–Trinajstić information content (AvgIpc) is 3.82. The van der Waals surface area contributed by atoms with Crippen molar-refractivity contribution in [3.05, 3.63) is 206 Å². The Morgan fingerprint density at radius 2 is 1.27 bits per heavy atom. The van der Waals surface area contributed by atoms with Crippen molar-refractivity contribution in [2.45, 2.75) is 6.92 Å². The smallest absolute Gasteiger partial charge is 0.188 e. The molecule has 272 valence electrons. The second-order valence-electron chi connectivity index (χ2n) is 14.0. The van der Waals surface area contributed by atoms with Gasteiger partial charge in [0.1, 0.15) is 13.9 Å². The van der Waals surface area contributed by atoms with E-state index < -0.39 is 15.0 Å². The zero-order valence-electron chi connectivity index (χ0n) is 33.5. The Morgan fingerprint density at radius 3 is 2.02 bits per heavy atom. The van der Waals surface area contributed by atoms with Crippen LogP contribution in [0.15, 0.2) is 188 Å². The van der Waals surface area contributed by atoms with E-state index >= 15 is 0 Å². The molecule has 3 aromatic heterocycles. The summed E-state index contributed by atoms with van der Waals surface area (Å²) in [5.74, 6) is 0.822. The maximum atomic E-state index is 8.33. The number of nitrogens with zero attached hydrogens (tertiary/aromatic N) is 4. The van der Waals surface area contributed by atoms with Gasteiger partial charge in [-0.1, -0.05) is 109 Å². The van der Waals surface area contributed by atoms with Gasteiger partial charge in [0.15, 0.2) is 17.4 Å². The van der Waals surface area contributed by atoms with Gasteiger partial charge in [0.25, 0.3) is 0 Å². The molecule has 0 aliphatic heterocycles. The maximum absolute atomic E-state index is 8.33. The maximum Gasteiger partial charge on any atom is 0.188 e. The van der Waals surface area contributed by atoms with Crippen molar-refractivity contribution in [1.29, 1.82) is 0 Å². The van der Waals surface area contributed by atoms with Crippen LogP contribution in [0, 0.1) is 19.1 Å². The van der Waals surface area contributed by atoms with Gasteiger partial charge < -0.3 is 4.57 Å². The number of benzene rings is 7. The van der Waals surface area contributed by atoms with Crippen LogP contribution in [0.25, 0.3) is 55.5 Å². The minimum absolute atomic E-state index is 0. The van der Waals surface area contributed by atoms with E-state index in [9.17, 15) is 0 Å². The first-order valence-corrected chi connectivity index (χ1v) is 20.5. The number of fused-ring (bicyclic) bond motifs is 4. The molecular formula is C50H37N4PtSi-. The van der Waals surface area contributed by atoms with Crippen molar-refractivity contribution in [1.82, 2.24) is 18.7 Å². The summed E-state index contributed by atoms with van der Waals surface area (Å²) in [6, 6.07) is 69.1. The van der Waals surface area contributed by atoms with Crippen LogP contribution >= 0.6 is 0 Å². The number of aryl methyl sites for hydroxylation is 2. The van der Waals surface area contributed by atoms with Gasteiger partial charge in [0.05, 0.1) is 0 Å². The summed E-state index contributed by atoms with van der Waals surface area (Å²) in [6.45, 7) is -0.213. The van der Waals surface area contributed by atoms with Crippen molar-refractivity contribution in [2.24, 2.45) is 6.98 Å². The van der Waals surface area contributed by atoms with Crippen molar-refractivity contribution in [3.63, 3.8) is 0 Å². The fraction of sp³-hybridized carbons (Fsp3) is 0.0400. The van der Waals surface area contributed by atoms with Gasteiger partial charge in [-0.05, 0) is 69.7 Å². The van der Waals surface area contributed by atoms with Crippen LogP contribution < -0.4 is 20.7 Å². The van der Waals surface area contributed by atoms with Crippen LogP contribution in [-0.2, 0) is 28.0 Å². The number of rotatable bonds is 7. The first-order chi connectivity index (χ1) is 28.3. The Labute approximate surface area is 346 Å². The van der Waals surface area contributed by atoms with Gasteiger partial charge in [-0.2, -0.15) is 35.5 Å². The molecule has 0 amide bonds. The minimum atomic E-state index is -3.20. The van der Waals surface area contributed by atoms with Crippen LogP contribution in [0.3, 0.4) is 0 Å². The molecule has 0 radical (unpaired) electrons. The molecule has 0 unspecified atom stereocenters.